The number of amides is 1. The number of nitrogens with one attached hydrogen (secondary N) is 1. The summed E-state index contributed by atoms with van der Waals surface area (Å²) in [7, 11) is 0. The molecule has 0 spiro atoms. The van der Waals surface area contributed by atoms with Crippen LogP contribution in [0.1, 0.15) is 41.0 Å². The lowest BCUT2D eigenvalue weighted by Gasteiger charge is -2.22. The molecule has 0 heterocycles. The SMILES string of the molecule is CC(C)CC(CO)NC(=O)C(C)C(C)C. The summed E-state index contributed by atoms with van der Waals surface area (Å²) in [6, 6.07) is -0.0984. The molecule has 0 bridgehead atoms. The fraction of sp³-hybridized carbons (Fsp3) is 0.917. The Kier molecular flexibility index (Phi) is 6.57. The van der Waals surface area contributed by atoms with E-state index in [1.165, 1.54) is 0 Å². The monoisotopic (exact) mass is 215 g/mol. The first-order valence-electron chi connectivity index (χ1n) is 5.79. The Morgan fingerprint density at radius 2 is 1.73 bits per heavy atom. The van der Waals surface area contributed by atoms with Crippen LogP contribution in [0.2, 0.25) is 0 Å². The Morgan fingerprint density at radius 1 is 1.20 bits per heavy atom. The molecule has 2 unspecified atom stereocenters. The van der Waals surface area contributed by atoms with Crippen LogP contribution in [0.4, 0.5) is 0 Å². The van der Waals surface area contributed by atoms with Crippen LogP contribution in [-0.4, -0.2) is 23.7 Å². The fourth-order valence-corrected chi connectivity index (χ4v) is 1.38. The third-order valence-corrected chi connectivity index (χ3v) is 2.74. The molecule has 0 aliphatic rings. The predicted molar refractivity (Wildman–Crippen MR) is 62.5 cm³/mol. The number of carbonyl (C=O) groups is 1. The molecule has 0 aliphatic carbocycles. The molecule has 1 amide bonds. The summed E-state index contributed by atoms with van der Waals surface area (Å²) in [5, 5.41) is 12.0. The van der Waals surface area contributed by atoms with E-state index in [2.05, 4.69) is 19.2 Å². The molecule has 0 radical (unpaired) electrons. The van der Waals surface area contributed by atoms with E-state index in [-0.39, 0.29) is 24.5 Å². The van der Waals surface area contributed by atoms with Gasteiger partial charge in [0.25, 0.3) is 0 Å². The number of aliphatic hydroxyl groups excluding tert-OH is 1. The smallest absolute Gasteiger partial charge is 0.223 e. The lowest BCUT2D eigenvalue weighted by molar-refractivity contribution is -0.126. The Bertz CT molecular complexity index is 190. The van der Waals surface area contributed by atoms with Crippen molar-refractivity contribution in [3.8, 4) is 0 Å². The molecule has 3 heteroatoms. The van der Waals surface area contributed by atoms with Crippen molar-refractivity contribution in [1.29, 1.82) is 0 Å². The fourth-order valence-electron chi connectivity index (χ4n) is 1.38. The minimum absolute atomic E-state index is 0.00575. The van der Waals surface area contributed by atoms with Gasteiger partial charge in [-0.15, -0.1) is 0 Å². The van der Waals surface area contributed by atoms with Crippen molar-refractivity contribution in [3.05, 3.63) is 0 Å². The largest absolute Gasteiger partial charge is 0.394 e. The van der Waals surface area contributed by atoms with Crippen LogP contribution in [0.25, 0.3) is 0 Å². The van der Waals surface area contributed by atoms with Gasteiger partial charge in [-0.1, -0.05) is 34.6 Å². The van der Waals surface area contributed by atoms with Gasteiger partial charge in [0.2, 0.25) is 5.91 Å². The molecule has 0 saturated carbocycles. The average Bonchev–Trinajstić information content (AvgIpc) is 2.14. The highest BCUT2D eigenvalue weighted by Crippen LogP contribution is 2.11. The van der Waals surface area contributed by atoms with Gasteiger partial charge in [0, 0.05) is 5.92 Å². The topological polar surface area (TPSA) is 49.3 Å². The first-order chi connectivity index (χ1) is 6.88. The number of hydrogen-bond acceptors (Lipinski definition) is 2. The zero-order valence-electron chi connectivity index (χ0n) is 10.6. The summed E-state index contributed by atoms with van der Waals surface area (Å²) >= 11 is 0. The van der Waals surface area contributed by atoms with E-state index in [9.17, 15) is 4.79 Å². The molecule has 90 valence electrons. The molecule has 0 aliphatic heterocycles. The summed E-state index contributed by atoms with van der Waals surface area (Å²) in [6.07, 6.45) is 0.826. The van der Waals surface area contributed by atoms with Gasteiger partial charge in [-0.05, 0) is 18.3 Å². The van der Waals surface area contributed by atoms with E-state index in [0.717, 1.165) is 6.42 Å². The number of rotatable bonds is 6. The second kappa shape index (κ2) is 6.83. The Balaban J connectivity index is 4.12. The summed E-state index contributed by atoms with van der Waals surface area (Å²) in [4.78, 5) is 11.7. The minimum atomic E-state index is -0.0984. The second-order valence-corrected chi connectivity index (χ2v) is 5.05. The first-order valence-corrected chi connectivity index (χ1v) is 5.79. The van der Waals surface area contributed by atoms with Crippen LogP contribution < -0.4 is 5.32 Å². The minimum Gasteiger partial charge on any atom is -0.394 e. The normalized spacial score (nSPS) is 15.5. The first kappa shape index (κ1) is 14.4. The molecular weight excluding hydrogens is 190 g/mol. The maximum absolute atomic E-state index is 11.7. The lowest BCUT2D eigenvalue weighted by Crippen LogP contribution is -2.42. The van der Waals surface area contributed by atoms with Crippen LogP contribution in [0.15, 0.2) is 0 Å². The third kappa shape index (κ3) is 5.78. The van der Waals surface area contributed by atoms with Gasteiger partial charge >= 0.3 is 0 Å². The average molecular weight is 215 g/mol. The molecule has 15 heavy (non-hydrogen) atoms. The van der Waals surface area contributed by atoms with E-state index in [1.807, 2.05) is 20.8 Å². The summed E-state index contributed by atoms with van der Waals surface area (Å²) in [5.41, 5.74) is 0. The maximum atomic E-state index is 11.7. The van der Waals surface area contributed by atoms with Gasteiger partial charge in [0.05, 0.1) is 12.6 Å². The second-order valence-electron chi connectivity index (χ2n) is 5.05. The van der Waals surface area contributed by atoms with E-state index >= 15 is 0 Å². The Morgan fingerprint density at radius 3 is 2.07 bits per heavy atom. The van der Waals surface area contributed by atoms with Crippen LogP contribution in [0.5, 0.6) is 0 Å². The van der Waals surface area contributed by atoms with Gasteiger partial charge < -0.3 is 10.4 Å². The number of carbonyl (C=O) groups excluding carboxylic acids is 1. The molecular formula is C12H25NO2. The predicted octanol–water partition coefficient (Wildman–Crippen LogP) is 1.80. The third-order valence-electron chi connectivity index (χ3n) is 2.74. The summed E-state index contributed by atoms with van der Waals surface area (Å²) in [6.45, 7) is 10.2. The highest BCUT2D eigenvalue weighted by molar-refractivity contribution is 5.78. The van der Waals surface area contributed by atoms with Gasteiger partial charge in [-0.25, -0.2) is 0 Å². The highest BCUT2D eigenvalue weighted by atomic mass is 16.3. The van der Waals surface area contributed by atoms with Gasteiger partial charge in [0.1, 0.15) is 0 Å². The van der Waals surface area contributed by atoms with Crippen molar-refractivity contribution in [1.82, 2.24) is 5.32 Å². The number of hydrogen-bond donors (Lipinski definition) is 2. The molecule has 0 saturated heterocycles. The van der Waals surface area contributed by atoms with E-state index < -0.39 is 0 Å². The van der Waals surface area contributed by atoms with Crippen molar-refractivity contribution in [2.24, 2.45) is 17.8 Å². The lowest BCUT2D eigenvalue weighted by atomic mass is 9.96. The maximum Gasteiger partial charge on any atom is 0.223 e. The van der Waals surface area contributed by atoms with Crippen molar-refractivity contribution in [2.45, 2.75) is 47.1 Å². The van der Waals surface area contributed by atoms with Crippen molar-refractivity contribution in [2.75, 3.05) is 6.61 Å². The van der Waals surface area contributed by atoms with Crippen molar-refractivity contribution < 1.29 is 9.90 Å². The molecule has 2 atom stereocenters. The quantitative estimate of drug-likeness (QED) is 0.710. The standard InChI is InChI=1S/C12H25NO2/c1-8(2)6-11(7-14)13-12(15)10(5)9(3)4/h8-11,14H,6-7H2,1-5H3,(H,13,15). The van der Waals surface area contributed by atoms with Gasteiger partial charge in [0.15, 0.2) is 0 Å². The summed E-state index contributed by atoms with van der Waals surface area (Å²) < 4.78 is 0. The van der Waals surface area contributed by atoms with Crippen molar-refractivity contribution >= 4 is 5.91 Å². The van der Waals surface area contributed by atoms with E-state index in [1.54, 1.807) is 0 Å². The van der Waals surface area contributed by atoms with Gasteiger partial charge in [-0.2, -0.15) is 0 Å². The Labute approximate surface area is 93.3 Å². The Hall–Kier alpha value is -0.570. The zero-order valence-corrected chi connectivity index (χ0v) is 10.6. The molecule has 0 aromatic rings. The van der Waals surface area contributed by atoms with Crippen LogP contribution >= 0.6 is 0 Å². The molecule has 0 fully saturated rings. The molecule has 3 nitrogen and oxygen atoms in total. The van der Waals surface area contributed by atoms with E-state index in [0.29, 0.717) is 11.8 Å². The van der Waals surface area contributed by atoms with Crippen LogP contribution in [-0.2, 0) is 4.79 Å². The molecule has 0 aromatic carbocycles. The molecule has 0 rings (SSSR count). The zero-order chi connectivity index (χ0) is 12.0. The molecule has 0 aromatic heterocycles. The van der Waals surface area contributed by atoms with Gasteiger partial charge in [-0.3, -0.25) is 4.79 Å². The number of aliphatic hydroxyl groups is 1. The van der Waals surface area contributed by atoms with Crippen LogP contribution in [0.3, 0.4) is 0 Å². The van der Waals surface area contributed by atoms with Crippen molar-refractivity contribution in [3.63, 3.8) is 0 Å². The van der Waals surface area contributed by atoms with E-state index in [4.69, 9.17) is 5.11 Å². The van der Waals surface area contributed by atoms with Crippen LogP contribution in [0, 0.1) is 17.8 Å². The molecule has 2 N–H and O–H groups in total. The summed E-state index contributed by atoms with van der Waals surface area (Å²) in [5.74, 6) is 0.871. The highest BCUT2D eigenvalue weighted by Gasteiger charge is 2.20.